The van der Waals surface area contributed by atoms with Crippen molar-refractivity contribution in [2.75, 3.05) is 4.90 Å². The molecular weight excluding hydrogens is 436 g/mol. The highest BCUT2D eigenvalue weighted by molar-refractivity contribution is 6.52. The molecule has 0 radical (unpaired) electrons. The lowest BCUT2D eigenvalue weighted by molar-refractivity contribution is -0.132. The van der Waals surface area contributed by atoms with Crippen molar-refractivity contribution in [3.05, 3.63) is 112 Å². The Morgan fingerprint density at radius 2 is 1.79 bits per heavy atom. The fourth-order valence-corrected chi connectivity index (χ4v) is 4.52. The number of aryl methyl sites for hydroxylation is 1. The molecule has 1 aliphatic heterocycles. The van der Waals surface area contributed by atoms with Crippen molar-refractivity contribution in [1.29, 1.82) is 0 Å². The maximum absolute atomic E-state index is 13.4. The van der Waals surface area contributed by atoms with Crippen LogP contribution in [0.1, 0.15) is 22.7 Å². The van der Waals surface area contributed by atoms with Crippen LogP contribution >= 0.6 is 11.6 Å². The van der Waals surface area contributed by atoms with Crippen LogP contribution < -0.4 is 4.90 Å². The minimum atomic E-state index is -0.852. The number of nitrogens with zero attached hydrogens (tertiary/aromatic N) is 2. The zero-order chi connectivity index (χ0) is 23.1. The Kier molecular flexibility index (Phi) is 5.19. The Labute approximate surface area is 195 Å². The minimum Gasteiger partial charge on any atom is -0.507 e. The van der Waals surface area contributed by atoms with Crippen molar-refractivity contribution >= 4 is 45.5 Å². The first-order valence-corrected chi connectivity index (χ1v) is 10.8. The van der Waals surface area contributed by atoms with Gasteiger partial charge in [0.15, 0.2) is 0 Å². The summed E-state index contributed by atoms with van der Waals surface area (Å²) in [5.74, 6) is -1.70. The topological polar surface area (TPSA) is 70.5 Å². The van der Waals surface area contributed by atoms with E-state index in [1.54, 1.807) is 48.8 Å². The third-order valence-corrected chi connectivity index (χ3v) is 6.16. The molecule has 5 rings (SSSR count). The Hall–Kier alpha value is -3.96. The minimum absolute atomic E-state index is 0.0173. The molecule has 162 valence electrons. The van der Waals surface area contributed by atoms with Gasteiger partial charge in [-0.1, -0.05) is 66.2 Å². The second-order valence-corrected chi connectivity index (χ2v) is 8.35. The van der Waals surface area contributed by atoms with E-state index in [1.807, 2.05) is 43.3 Å². The molecule has 1 N–H and O–H groups in total. The highest BCUT2D eigenvalue weighted by Gasteiger charge is 2.47. The van der Waals surface area contributed by atoms with Crippen LogP contribution in [0.2, 0.25) is 5.02 Å². The molecule has 33 heavy (non-hydrogen) atoms. The molecule has 1 saturated heterocycles. The van der Waals surface area contributed by atoms with Crippen molar-refractivity contribution < 1.29 is 14.7 Å². The Morgan fingerprint density at radius 1 is 1.00 bits per heavy atom. The largest absolute Gasteiger partial charge is 0.507 e. The number of amides is 1. The first kappa shape index (κ1) is 20.9. The summed E-state index contributed by atoms with van der Waals surface area (Å²) >= 11 is 6.24. The molecule has 1 atom stereocenters. The predicted molar refractivity (Wildman–Crippen MR) is 129 cm³/mol. The second-order valence-electron chi connectivity index (χ2n) is 7.91. The number of carbonyl (C=O) groups excluding carboxylic acids is 2. The number of halogens is 1. The van der Waals surface area contributed by atoms with Gasteiger partial charge in [0.25, 0.3) is 11.7 Å². The molecule has 4 aromatic rings. The van der Waals surface area contributed by atoms with E-state index in [0.29, 0.717) is 21.8 Å². The summed E-state index contributed by atoms with van der Waals surface area (Å²) in [4.78, 5) is 32.3. The molecule has 3 aromatic carbocycles. The second kappa shape index (κ2) is 8.19. The van der Waals surface area contributed by atoms with E-state index in [9.17, 15) is 14.7 Å². The Morgan fingerprint density at radius 3 is 2.58 bits per heavy atom. The number of ketones is 1. The average Bonchev–Trinajstić information content (AvgIpc) is 3.10. The van der Waals surface area contributed by atoms with Crippen LogP contribution in [0.3, 0.4) is 0 Å². The molecule has 1 fully saturated rings. The lowest BCUT2D eigenvalue weighted by Gasteiger charge is -2.26. The van der Waals surface area contributed by atoms with E-state index < -0.39 is 17.7 Å². The van der Waals surface area contributed by atoms with Crippen LogP contribution in [0.5, 0.6) is 0 Å². The number of aliphatic hydroxyl groups is 1. The van der Waals surface area contributed by atoms with Crippen LogP contribution in [0, 0.1) is 6.92 Å². The molecular formula is C27H19ClN2O3. The average molecular weight is 455 g/mol. The van der Waals surface area contributed by atoms with Crippen molar-refractivity contribution in [1.82, 2.24) is 4.98 Å². The summed E-state index contributed by atoms with van der Waals surface area (Å²) < 4.78 is 0. The van der Waals surface area contributed by atoms with E-state index in [4.69, 9.17) is 11.6 Å². The summed E-state index contributed by atoms with van der Waals surface area (Å²) in [6, 6.07) is 20.9. The van der Waals surface area contributed by atoms with E-state index in [1.165, 1.54) is 4.90 Å². The molecule has 1 amide bonds. The highest BCUT2D eigenvalue weighted by Crippen LogP contribution is 2.44. The van der Waals surface area contributed by atoms with Crippen LogP contribution in [0.4, 0.5) is 5.69 Å². The number of rotatable bonds is 3. The third-order valence-electron chi connectivity index (χ3n) is 5.92. The molecule has 6 heteroatoms. The summed E-state index contributed by atoms with van der Waals surface area (Å²) in [5.41, 5.74) is 2.40. The Bertz CT molecular complexity index is 1440. The van der Waals surface area contributed by atoms with Gasteiger partial charge in [-0.25, -0.2) is 0 Å². The zero-order valence-electron chi connectivity index (χ0n) is 17.7. The standard InChI is InChI=1S/C27H19ClN2O3/c1-16-11-12-19(28)14-22(16)30-24(18-8-5-13-29-15-18)23(26(32)27(30)33)25(31)21-10-4-7-17-6-2-3-9-20(17)21/h2-15,24,31H,1H3/b25-23-. The monoisotopic (exact) mass is 454 g/mol. The number of aromatic nitrogens is 1. The van der Waals surface area contributed by atoms with E-state index >= 15 is 0 Å². The van der Waals surface area contributed by atoms with Crippen molar-refractivity contribution in [2.24, 2.45) is 0 Å². The fraction of sp³-hybridized carbons (Fsp3) is 0.0741. The number of benzene rings is 3. The van der Waals surface area contributed by atoms with Crippen LogP contribution in [-0.2, 0) is 9.59 Å². The third kappa shape index (κ3) is 3.47. The zero-order valence-corrected chi connectivity index (χ0v) is 18.5. The van der Waals surface area contributed by atoms with Gasteiger partial charge in [-0.15, -0.1) is 0 Å². The van der Waals surface area contributed by atoms with E-state index in [2.05, 4.69) is 4.98 Å². The van der Waals surface area contributed by atoms with Crippen molar-refractivity contribution in [3.63, 3.8) is 0 Å². The van der Waals surface area contributed by atoms with E-state index in [-0.39, 0.29) is 11.3 Å². The van der Waals surface area contributed by atoms with E-state index in [0.717, 1.165) is 16.3 Å². The molecule has 0 saturated carbocycles. The quantitative estimate of drug-likeness (QED) is 0.240. The maximum Gasteiger partial charge on any atom is 0.300 e. The fourth-order valence-electron chi connectivity index (χ4n) is 4.35. The van der Waals surface area contributed by atoms with Crippen molar-refractivity contribution in [2.45, 2.75) is 13.0 Å². The lowest BCUT2D eigenvalue weighted by atomic mass is 9.94. The summed E-state index contributed by atoms with van der Waals surface area (Å²) in [6.45, 7) is 1.84. The van der Waals surface area contributed by atoms with Gasteiger partial charge >= 0.3 is 0 Å². The number of aliphatic hydroxyl groups excluding tert-OH is 1. The number of fused-ring (bicyclic) bond motifs is 1. The number of anilines is 1. The van der Waals surface area contributed by atoms with Gasteiger partial charge in [-0.3, -0.25) is 19.5 Å². The Balaban J connectivity index is 1.80. The van der Waals surface area contributed by atoms with Gasteiger partial charge < -0.3 is 5.11 Å². The van der Waals surface area contributed by atoms with Gasteiger partial charge in [-0.05, 0) is 47.0 Å². The van der Waals surface area contributed by atoms with Crippen LogP contribution in [0.25, 0.3) is 16.5 Å². The first-order valence-electron chi connectivity index (χ1n) is 10.4. The number of Topliss-reactive ketones (excluding diaryl/α,β-unsaturated/α-hetero) is 1. The summed E-state index contributed by atoms with van der Waals surface area (Å²) in [7, 11) is 0. The van der Waals surface area contributed by atoms with Gasteiger partial charge in [-0.2, -0.15) is 0 Å². The number of carbonyl (C=O) groups is 2. The first-order chi connectivity index (χ1) is 16.0. The molecule has 1 aromatic heterocycles. The van der Waals surface area contributed by atoms with Gasteiger partial charge in [0.05, 0.1) is 11.6 Å². The molecule has 1 unspecified atom stereocenters. The molecule has 2 heterocycles. The predicted octanol–water partition coefficient (Wildman–Crippen LogP) is 5.82. The number of pyridine rings is 1. The van der Waals surface area contributed by atoms with Crippen LogP contribution in [-0.4, -0.2) is 21.8 Å². The maximum atomic E-state index is 13.4. The molecule has 5 nitrogen and oxygen atoms in total. The molecule has 0 aliphatic carbocycles. The SMILES string of the molecule is Cc1ccc(Cl)cc1N1C(=O)C(=O)/C(=C(\O)c2cccc3ccccc23)C1c1cccnc1. The summed E-state index contributed by atoms with van der Waals surface area (Å²) in [6.07, 6.45) is 3.21. The van der Waals surface area contributed by atoms with Crippen molar-refractivity contribution in [3.8, 4) is 0 Å². The lowest BCUT2D eigenvalue weighted by Crippen LogP contribution is -2.30. The van der Waals surface area contributed by atoms with Gasteiger partial charge in [0.2, 0.25) is 0 Å². The van der Waals surface area contributed by atoms with Crippen LogP contribution in [0.15, 0.2) is 90.8 Å². The number of hydrogen-bond acceptors (Lipinski definition) is 4. The normalized spacial score (nSPS) is 17.6. The molecule has 1 aliphatic rings. The highest BCUT2D eigenvalue weighted by atomic mass is 35.5. The smallest absolute Gasteiger partial charge is 0.300 e. The molecule has 0 spiro atoms. The van der Waals surface area contributed by atoms with Gasteiger partial charge in [0, 0.05) is 28.7 Å². The number of hydrogen-bond donors (Lipinski definition) is 1. The molecule has 0 bridgehead atoms. The van der Waals surface area contributed by atoms with Gasteiger partial charge in [0.1, 0.15) is 5.76 Å². The summed E-state index contributed by atoms with van der Waals surface area (Å²) in [5, 5.41) is 13.6.